The van der Waals surface area contributed by atoms with E-state index in [1.807, 2.05) is 30.7 Å². The summed E-state index contributed by atoms with van der Waals surface area (Å²) in [4.78, 5) is 11.5. The van der Waals surface area contributed by atoms with Gasteiger partial charge in [0, 0.05) is 23.1 Å². The molecule has 0 aliphatic heterocycles. The van der Waals surface area contributed by atoms with Gasteiger partial charge in [-0.25, -0.2) is 4.79 Å². The fourth-order valence-corrected chi connectivity index (χ4v) is 3.56. The average molecular weight is 306 g/mol. The fraction of sp³-hybridized carbons (Fsp3) is 0.400. The van der Waals surface area contributed by atoms with Gasteiger partial charge in [-0.1, -0.05) is 0 Å². The summed E-state index contributed by atoms with van der Waals surface area (Å²) in [5.74, 6) is -1.03. The predicted octanol–water partition coefficient (Wildman–Crippen LogP) is 2.79. The molecule has 1 aliphatic carbocycles. The Balaban J connectivity index is 2.30. The Morgan fingerprint density at radius 3 is 2.57 bits per heavy atom. The van der Waals surface area contributed by atoms with Gasteiger partial charge in [-0.3, -0.25) is 4.21 Å². The summed E-state index contributed by atoms with van der Waals surface area (Å²) >= 11 is -2.24. The largest absolute Gasteiger partial charge is 0.772 e. The molecule has 3 rings (SSSR count). The summed E-state index contributed by atoms with van der Waals surface area (Å²) in [6.07, 6.45) is 2.95. The molecule has 112 valence electrons. The molecule has 1 aliphatic rings. The molecule has 1 fully saturated rings. The van der Waals surface area contributed by atoms with Crippen LogP contribution in [0.15, 0.2) is 24.4 Å². The number of aromatic carboxylic acids is 1. The number of carboxylic acid groups (broad SMARTS) is 1. The molecule has 1 unspecified atom stereocenters. The van der Waals surface area contributed by atoms with Crippen molar-refractivity contribution in [2.45, 2.75) is 37.5 Å². The Morgan fingerprint density at radius 2 is 2.10 bits per heavy atom. The Hall–Kier alpha value is -1.66. The number of hydrogen-bond donors (Lipinski definition) is 1. The highest BCUT2D eigenvalue weighted by atomic mass is 32.2. The van der Waals surface area contributed by atoms with Crippen molar-refractivity contribution in [3.8, 4) is 0 Å². The molecule has 1 atom stereocenters. The van der Waals surface area contributed by atoms with Crippen molar-refractivity contribution in [1.82, 2.24) is 4.57 Å². The minimum atomic E-state index is -2.24. The third-order valence-corrected chi connectivity index (χ3v) is 5.46. The molecule has 21 heavy (non-hydrogen) atoms. The second-order valence-corrected chi connectivity index (χ2v) is 7.06. The number of aromatic nitrogens is 1. The molecule has 5 nitrogen and oxygen atoms in total. The number of carboxylic acids is 1. The summed E-state index contributed by atoms with van der Waals surface area (Å²) in [5.41, 5.74) is 1.52. The van der Waals surface area contributed by atoms with Crippen molar-refractivity contribution < 1.29 is 18.7 Å². The van der Waals surface area contributed by atoms with E-state index in [4.69, 9.17) is 0 Å². The molecule has 1 aromatic carbocycles. The maximum atomic E-state index is 11.5. The Kier molecular flexibility index (Phi) is 3.18. The van der Waals surface area contributed by atoms with Gasteiger partial charge in [0.05, 0.1) is 10.3 Å². The minimum Gasteiger partial charge on any atom is -0.772 e. The highest BCUT2D eigenvalue weighted by molar-refractivity contribution is 7.80. The van der Waals surface area contributed by atoms with E-state index in [9.17, 15) is 18.7 Å². The normalized spacial score (nSPS) is 18.1. The number of benzene rings is 1. The van der Waals surface area contributed by atoms with Crippen molar-refractivity contribution in [1.29, 1.82) is 0 Å². The molecule has 1 heterocycles. The maximum Gasteiger partial charge on any atom is 0.336 e. The van der Waals surface area contributed by atoms with Gasteiger partial charge in [-0.2, -0.15) is 0 Å². The molecule has 2 aromatic rings. The smallest absolute Gasteiger partial charge is 0.336 e. The zero-order valence-electron chi connectivity index (χ0n) is 11.8. The van der Waals surface area contributed by atoms with E-state index in [1.54, 1.807) is 6.07 Å². The number of hydrogen-bond acceptors (Lipinski definition) is 3. The topological polar surface area (TPSA) is 82.4 Å². The van der Waals surface area contributed by atoms with Crippen LogP contribution >= 0.6 is 0 Å². The molecule has 6 heteroatoms. The van der Waals surface area contributed by atoms with Crippen LogP contribution in [0.2, 0.25) is 0 Å². The summed E-state index contributed by atoms with van der Waals surface area (Å²) in [6, 6.07) is 5.28. The lowest BCUT2D eigenvalue weighted by Crippen LogP contribution is -2.15. The molecule has 1 saturated carbocycles. The van der Waals surface area contributed by atoms with Crippen molar-refractivity contribution in [3.63, 3.8) is 0 Å². The van der Waals surface area contributed by atoms with Gasteiger partial charge < -0.3 is 14.2 Å². The van der Waals surface area contributed by atoms with Crippen LogP contribution in [0.1, 0.15) is 48.7 Å². The zero-order valence-corrected chi connectivity index (χ0v) is 12.6. The molecule has 1 aromatic heterocycles. The summed E-state index contributed by atoms with van der Waals surface area (Å²) < 4.78 is 24.1. The Bertz CT molecular complexity index is 758. The maximum absolute atomic E-state index is 11.5. The fourth-order valence-electron chi connectivity index (χ4n) is 2.82. The van der Waals surface area contributed by atoms with Crippen LogP contribution in [0.5, 0.6) is 0 Å². The Labute approximate surface area is 124 Å². The van der Waals surface area contributed by atoms with Gasteiger partial charge in [0.2, 0.25) is 0 Å². The lowest BCUT2D eigenvalue weighted by Gasteiger charge is -2.20. The van der Waals surface area contributed by atoms with Crippen LogP contribution in [-0.2, 0) is 15.8 Å². The van der Waals surface area contributed by atoms with Crippen molar-refractivity contribution >= 4 is 28.0 Å². The van der Waals surface area contributed by atoms with Crippen molar-refractivity contribution in [2.75, 3.05) is 0 Å². The SMILES string of the molecule is CC(C)n1ccc2c(C(=O)O)cc(C3(S(=O)[O-])CC3)cc21. The van der Waals surface area contributed by atoms with Gasteiger partial charge in [-0.05, 0) is 61.5 Å². The van der Waals surface area contributed by atoms with Gasteiger partial charge in [0.25, 0.3) is 0 Å². The summed E-state index contributed by atoms with van der Waals surface area (Å²) in [7, 11) is 0. The highest BCUT2D eigenvalue weighted by Crippen LogP contribution is 2.51. The number of rotatable bonds is 4. The number of fused-ring (bicyclic) bond motifs is 1. The molecule has 0 spiro atoms. The van der Waals surface area contributed by atoms with Crippen LogP contribution < -0.4 is 0 Å². The third-order valence-electron chi connectivity index (χ3n) is 4.17. The molecular weight excluding hydrogens is 290 g/mol. The molecule has 0 saturated heterocycles. The van der Waals surface area contributed by atoms with Crippen LogP contribution in [0, 0.1) is 0 Å². The lowest BCUT2D eigenvalue weighted by molar-refractivity contribution is 0.0699. The monoisotopic (exact) mass is 306 g/mol. The van der Waals surface area contributed by atoms with Gasteiger partial charge in [0.1, 0.15) is 0 Å². The van der Waals surface area contributed by atoms with E-state index < -0.39 is 21.8 Å². The van der Waals surface area contributed by atoms with Crippen molar-refractivity contribution in [2.24, 2.45) is 0 Å². The van der Waals surface area contributed by atoms with Gasteiger partial charge in [0.15, 0.2) is 0 Å². The molecule has 0 amide bonds. The standard InChI is InChI=1S/C15H17NO4S/c1-9(2)16-6-3-11-12(14(17)18)7-10(8-13(11)16)15(4-5-15)21(19)20/h3,6-9H,4-5H2,1-2H3,(H,17,18)(H,19,20)/p-1. The zero-order chi connectivity index (χ0) is 15.4. The van der Waals surface area contributed by atoms with E-state index in [0.717, 1.165) is 5.52 Å². The number of nitrogens with zero attached hydrogens (tertiary/aromatic N) is 1. The first-order chi connectivity index (χ1) is 9.86. The molecular formula is C15H16NO4S-. The van der Waals surface area contributed by atoms with Crippen LogP contribution in [-0.4, -0.2) is 24.4 Å². The Morgan fingerprint density at radius 1 is 1.43 bits per heavy atom. The van der Waals surface area contributed by atoms with E-state index in [-0.39, 0.29) is 11.6 Å². The average Bonchev–Trinajstić information content (AvgIpc) is 3.11. The van der Waals surface area contributed by atoms with E-state index in [0.29, 0.717) is 23.8 Å². The second-order valence-electron chi connectivity index (χ2n) is 5.81. The third kappa shape index (κ3) is 2.10. The first-order valence-electron chi connectivity index (χ1n) is 6.84. The van der Waals surface area contributed by atoms with Gasteiger partial charge in [-0.15, -0.1) is 0 Å². The molecule has 0 radical (unpaired) electrons. The van der Waals surface area contributed by atoms with Crippen LogP contribution in [0.25, 0.3) is 10.9 Å². The molecule has 1 N–H and O–H groups in total. The van der Waals surface area contributed by atoms with E-state index in [2.05, 4.69) is 0 Å². The summed E-state index contributed by atoms with van der Waals surface area (Å²) in [6.45, 7) is 4.01. The number of carbonyl (C=O) groups is 1. The summed E-state index contributed by atoms with van der Waals surface area (Å²) in [5, 5.41) is 10.1. The highest BCUT2D eigenvalue weighted by Gasteiger charge is 2.46. The van der Waals surface area contributed by atoms with Crippen LogP contribution in [0.3, 0.4) is 0 Å². The quantitative estimate of drug-likeness (QED) is 0.880. The lowest BCUT2D eigenvalue weighted by atomic mass is 10.0. The van der Waals surface area contributed by atoms with Gasteiger partial charge >= 0.3 is 5.97 Å². The van der Waals surface area contributed by atoms with E-state index >= 15 is 0 Å². The predicted molar refractivity (Wildman–Crippen MR) is 79.1 cm³/mol. The minimum absolute atomic E-state index is 0.165. The molecule has 0 bridgehead atoms. The van der Waals surface area contributed by atoms with Crippen molar-refractivity contribution in [3.05, 3.63) is 35.5 Å². The second kappa shape index (κ2) is 4.68. The first kappa shape index (κ1) is 14.3. The van der Waals surface area contributed by atoms with Crippen LogP contribution in [0.4, 0.5) is 0 Å². The van der Waals surface area contributed by atoms with E-state index in [1.165, 1.54) is 6.07 Å². The first-order valence-corrected chi connectivity index (χ1v) is 7.92.